The van der Waals surface area contributed by atoms with Gasteiger partial charge in [-0.3, -0.25) is 0 Å². The third kappa shape index (κ3) is 3.65. The molecule has 0 aromatic heterocycles. The Hall–Kier alpha value is -1.71. The van der Waals surface area contributed by atoms with Crippen molar-refractivity contribution in [2.24, 2.45) is 11.8 Å². The minimum absolute atomic E-state index is 0.334. The molecule has 0 bridgehead atoms. The molecule has 20 heavy (non-hydrogen) atoms. The minimum atomic E-state index is -0.334. The van der Waals surface area contributed by atoms with Crippen LogP contribution in [-0.4, -0.2) is 19.6 Å². The fourth-order valence-electron chi connectivity index (χ4n) is 2.95. The summed E-state index contributed by atoms with van der Waals surface area (Å²) >= 11 is 0. The maximum absolute atomic E-state index is 11.5. The van der Waals surface area contributed by atoms with E-state index < -0.39 is 0 Å². The number of methoxy groups -OCH3 is 1. The van der Waals surface area contributed by atoms with Crippen LogP contribution in [0, 0.1) is 11.8 Å². The normalized spacial score (nSPS) is 22.3. The number of hydrogen-bond acceptors (Lipinski definition) is 4. The van der Waals surface area contributed by atoms with Crippen molar-refractivity contribution in [1.29, 1.82) is 0 Å². The molecule has 1 aromatic rings. The van der Waals surface area contributed by atoms with E-state index in [0.717, 1.165) is 18.2 Å². The Labute approximate surface area is 120 Å². The second-order valence-corrected chi connectivity index (χ2v) is 5.81. The molecule has 1 saturated carbocycles. The lowest BCUT2D eigenvalue weighted by Gasteiger charge is -2.27. The molecule has 110 valence electrons. The number of ether oxygens (including phenoxy) is 1. The maximum Gasteiger partial charge on any atom is 0.337 e. The molecule has 0 amide bonds. The van der Waals surface area contributed by atoms with Crippen LogP contribution in [0.25, 0.3) is 0 Å². The Morgan fingerprint density at radius 2 is 2.25 bits per heavy atom. The molecule has 0 aliphatic heterocycles. The average Bonchev–Trinajstić information content (AvgIpc) is 2.45. The van der Waals surface area contributed by atoms with Gasteiger partial charge in [0, 0.05) is 6.54 Å². The van der Waals surface area contributed by atoms with Crippen LogP contribution in [0.5, 0.6) is 0 Å². The molecule has 1 aliphatic carbocycles. The molecule has 4 heteroatoms. The Morgan fingerprint density at radius 1 is 1.45 bits per heavy atom. The van der Waals surface area contributed by atoms with E-state index >= 15 is 0 Å². The summed E-state index contributed by atoms with van der Waals surface area (Å²) in [7, 11) is 1.38. The Balaban J connectivity index is 1.99. The van der Waals surface area contributed by atoms with E-state index in [-0.39, 0.29) is 5.97 Å². The summed E-state index contributed by atoms with van der Waals surface area (Å²) < 4.78 is 4.73. The van der Waals surface area contributed by atoms with Crippen LogP contribution in [0.2, 0.25) is 0 Å². The van der Waals surface area contributed by atoms with Gasteiger partial charge in [-0.15, -0.1) is 0 Å². The van der Waals surface area contributed by atoms with Gasteiger partial charge in [0.15, 0.2) is 0 Å². The summed E-state index contributed by atoms with van der Waals surface area (Å²) in [4.78, 5) is 11.5. The number of carbonyl (C=O) groups excluding carboxylic acids is 1. The quantitative estimate of drug-likeness (QED) is 0.654. The topological polar surface area (TPSA) is 64.3 Å². The first-order chi connectivity index (χ1) is 9.60. The van der Waals surface area contributed by atoms with Gasteiger partial charge >= 0.3 is 5.97 Å². The molecule has 2 rings (SSSR count). The highest BCUT2D eigenvalue weighted by atomic mass is 16.5. The highest BCUT2D eigenvalue weighted by molar-refractivity contribution is 5.91. The molecular weight excluding hydrogens is 252 g/mol. The smallest absolute Gasteiger partial charge is 0.337 e. The molecule has 0 spiro atoms. The number of nitrogens with two attached hydrogens (primary N) is 1. The minimum Gasteiger partial charge on any atom is -0.465 e. The standard InChI is InChI=1S/C16H24N2O2/c1-11-4-3-5-12(8-11)10-18-15-9-13(16(19)20-2)6-7-14(15)17/h6-7,9,11-12,18H,3-5,8,10,17H2,1-2H3. The second-order valence-electron chi connectivity index (χ2n) is 5.81. The van der Waals surface area contributed by atoms with Crippen LogP contribution in [0.15, 0.2) is 18.2 Å². The van der Waals surface area contributed by atoms with Crippen molar-refractivity contribution in [2.45, 2.75) is 32.6 Å². The van der Waals surface area contributed by atoms with Crippen LogP contribution in [0.1, 0.15) is 43.0 Å². The van der Waals surface area contributed by atoms with E-state index in [1.165, 1.54) is 32.8 Å². The number of esters is 1. The van der Waals surface area contributed by atoms with Crippen LogP contribution in [0.3, 0.4) is 0 Å². The van der Waals surface area contributed by atoms with Crippen LogP contribution in [-0.2, 0) is 4.74 Å². The molecule has 2 unspecified atom stereocenters. The van der Waals surface area contributed by atoms with Gasteiger partial charge in [-0.05, 0) is 42.9 Å². The van der Waals surface area contributed by atoms with E-state index in [0.29, 0.717) is 17.2 Å². The number of anilines is 2. The first kappa shape index (κ1) is 14.7. The van der Waals surface area contributed by atoms with Gasteiger partial charge in [-0.2, -0.15) is 0 Å². The van der Waals surface area contributed by atoms with E-state index in [2.05, 4.69) is 12.2 Å². The highest BCUT2D eigenvalue weighted by Gasteiger charge is 2.19. The number of nitrogen functional groups attached to an aromatic ring is 1. The fourth-order valence-corrected chi connectivity index (χ4v) is 2.95. The van der Waals surface area contributed by atoms with Gasteiger partial charge < -0.3 is 15.8 Å². The predicted octanol–water partition coefficient (Wildman–Crippen LogP) is 3.29. The molecule has 1 fully saturated rings. The van der Waals surface area contributed by atoms with Gasteiger partial charge in [0.25, 0.3) is 0 Å². The van der Waals surface area contributed by atoms with Gasteiger partial charge in [0.2, 0.25) is 0 Å². The number of carbonyl (C=O) groups is 1. The van der Waals surface area contributed by atoms with E-state index in [4.69, 9.17) is 10.5 Å². The van der Waals surface area contributed by atoms with Gasteiger partial charge in [0.1, 0.15) is 0 Å². The van der Waals surface area contributed by atoms with Crippen molar-refractivity contribution >= 4 is 17.3 Å². The van der Waals surface area contributed by atoms with Gasteiger partial charge in [-0.25, -0.2) is 4.79 Å². The zero-order chi connectivity index (χ0) is 14.5. The summed E-state index contributed by atoms with van der Waals surface area (Å²) in [5.41, 5.74) is 7.98. The SMILES string of the molecule is COC(=O)c1ccc(N)c(NCC2CCCC(C)C2)c1. The average molecular weight is 276 g/mol. The molecule has 4 nitrogen and oxygen atoms in total. The van der Waals surface area contributed by atoms with E-state index in [9.17, 15) is 4.79 Å². The summed E-state index contributed by atoms with van der Waals surface area (Å²) in [5, 5.41) is 3.39. The second kappa shape index (κ2) is 6.64. The van der Waals surface area contributed by atoms with E-state index in [1.54, 1.807) is 18.2 Å². The molecule has 1 aliphatic rings. The number of nitrogens with one attached hydrogen (secondary N) is 1. The molecule has 0 heterocycles. The third-order valence-electron chi connectivity index (χ3n) is 4.10. The lowest BCUT2D eigenvalue weighted by Crippen LogP contribution is -2.21. The zero-order valence-corrected chi connectivity index (χ0v) is 12.3. The van der Waals surface area contributed by atoms with Crippen LogP contribution in [0.4, 0.5) is 11.4 Å². The molecule has 2 atom stereocenters. The molecule has 0 saturated heterocycles. The lowest BCUT2D eigenvalue weighted by atomic mass is 9.82. The fraction of sp³-hybridized carbons (Fsp3) is 0.562. The van der Waals surface area contributed by atoms with Crippen LogP contribution < -0.4 is 11.1 Å². The first-order valence-electron chi connectivity index (χ1n) is 7.32. The summed E-state index contributed by atoms with van der Waals surface area (Å²) in [6, 6.07) is 5.21. The Morgan fingerprint density at radius 3 is 2.95 bits per heavy atom. The molecule has 1 aromatic carbocycles. The first-order valence-corrected chi connectivity index (χ1v) is 7.32. The van der Waals surface area contributed by atoms with Crippen molar-refractivity contribution < 1.29 is 9.53 Å². The van der Waals surface area contributed by atoms with Gasteiger partial charge in [0.05, 0.1) is 24.0 Å². The maximum atomic E-state index is 11.5. The largest absolute Gasteiger partial charge is 0.465 e. The van der Waals surface area contributed by atoms with Crippen molar-refractivity contribution in [3.05, 3.63) is 23.8 Å². The summed E-state index contributed by atoms with van der Waals surface area (Å²) in [6.07, 6.45) is 5.19. The van der Waals surface area contributed by atoms with Crippen molar-refractivity contribution in [1.82, 2.24) is 0 Å². The van der Waals surface area contributed by atoms with E-state index in [1.807, 2.05) is 0 Å². The number of rotatable bonds is 4. The van der Waals surface area contributed by atoms with Crippen LogP contribution >= 0.6 is 0 Å². The highest BCUT2D eigenvalue weighted by Crippen LogP contribution is 2.29. The molecule has 3 N–H and O–H groups in total. The zero-order valence-electron chi connectivity index (χ0n) is 12.3. The summed E-state index contributed by atoms with van der Waals surface area (Å²) in [6.45, 7) is 3.23. The summed E-state index contributed by atoms with van der Waals surface area (Å²) in [5.74, 6) is 1.17. The van der Waals surface area contributed by atoms with Crippen molar-refractivity contribution in [2.75, 3.05) is 24.7 Å². The van der Waals surface area contributed by atoms with Gasteiger partial charge in [-0.1, -0.05) is 19.8 Å². The van der Waals surface area contributed by atoms with Crippen molar-refractivity contribution in [3.8, 4) is 0 Å². The molecular formula is C16H24N2O2. The number of hydrogen-bond donors (Lipinski definition) is 2. The molecule has 0 radical (unpaired) electrons. The number of benzene rings is 1. The third-order valence-corrected chi connectivity index (χ3v) is 4.10. The predicted molar refractivity (Wildman–Crippen MR) is 81.8 cm³/mol. The lowest BCUT2D eigenvalue weighted by molar-refractivity contribution is 0.0601. The van der Waals surface area contributed by atoms with Crippen molar-refractivity contribution in [3.63, 3.8) is 0 Å². The Bertz CT molecular complexity index is 474. The monoisotopic (exact) mass is 276 g/mol. The Kier molecular flexibility index (Phi) is 4.88.